The maximum Gasteiger partial charge on any atom is 0.228 e. The number of ether oxygens (including phenoxy) is 1. The second-order valence-electron chi connectivity index (χ2n) is 7.30. The highest BCUT2D eigenvalue weighted by Gasteiger charge is 2.36. The molecule has 1 fully saturated rings. The first-order valence-electron chi connectivity index (χ1n) is 9.45. The van der Waals surface area contributed by atoms with Crippen LogP contribution in [0.1, 0.15) is 53.1 Å². The van der Waals surface area contributed by atoms with Gasteiger partial charge in [0.25, 0.3) is 0 Å². The van der Waals surface area contributed by atoms with E-state index in [0.29, 0.717) is 13.2 Å². The van der Waals surface area contributed by atoms with Crippen LogP contribution in [0.25, 0.3) is 0 Å². The monoisotopic (exact) mass is 374 g/mol. The summed E-state index contributed by atoms with van der Waals surface area (Å²) in [6.07, 6.45) is 8.05. The molecule has 1 aliphatic carbocycles. The number of aromatic nitrogens is 3. The lowest BCUT2D eigenvalue weighted by Crippen LogP contribution is -2.39. The van der Waals surface area contributed by atoms with Gasteiger partial charge < -0.3 is 9.64 Å². The highest BCUT2D eigenvalue weighted by molar-refractivity contribution is 7.11. The molecule has 1 saturated heterocycles. The van der Waals surface area contributed by atoms with Crippen molar-refractivity contribution >= 4 is 17.2 Å². The summed E-state index contributed by atoms with van der Waals surface area (Å²) in [4.78, 5) is 21.2. The summed E-state index contributed by atoms with van der Waals surface area (Å²) in [5.41, 5.74) is 2.23. The standard InChI is InChI=1S/C19H26N4O2S/c1-22(12-17-21-14-7-3-4-8-16(14)26-17)19(24)13-6-5-11-25-18(13)15-9-10-20-23(15)2/h9-10,13,18H,3-8,11-12H2,1-2H3/t13-,18-/m1/s1. The van der Waals surface area contributed by atoms with Crippen molar-refractivity contribution in [1.82, 2.24) is 19.7 Å². The van der Waals surface area contributed by atoms with Gasteiger partial charge in [-0.15, -0.1) is 11.3 Å². The molecule has 2 aromatic heterocycles. The summed E-state index contributed by atoms with van der Waals surface area (Å²) in [5.74, 6) is -0.0113. The maximum absolute atomic E-state index is 13.2. The zero-order chi connectivity index (χ0) is 18.1. The number of rotatable bonds is 4. The highest BCUT2D eigenvalue weighted by atomic mass is 32.1. The molecule has 2 aliphatic rings. The molecule has 0 saturated carbocycles. The lowest BCUT2D eigenvalue weighted by Gasteiger charge is -2.33. The summed E-state index contributed by atoms with van der Waals surface area (Å²) in [5, 5.41) is 5.30. The number of nitrogens with zero attached hydrogens (tertiary/aromatic N) is 4. The molecule has 0 bridgehead atoms. The van der Waals surface area contributed by atoms with Crippen LogP contribution in [0.3, 0.4) is 0 Å². The molecule has 4 rings (SSSR count). The second-order valence-corrected chi connectivity index (χ2v) is 8.47. The second kappa shape index (κ2) is 7.48. The number of fused-ring (bicyclic) bond motifs is 1. The third kappa shape index (κ3) is 3.42. The van der Waals surface area contributed by atoms with Gasteiger partial charge >= 0.3 is 0 Å². The molecule has 6 nitrogen and oxygen atoms in total. The minimum absolute atomic E-state index is 0.143. The van der Waals surface area contributed by atoms with Gasteiger partial charge in [0.05, 0.1) is 23.9 Å². The Labute approximate surface area is 158 Å². The van der Waals surface area contributed by atoms with Crippen molar-refractivity contribution in [3.8, 4) is 0 Å². The van der Waals surface area contributed by atoms with Gasteiger partial charge in [0.1, 0.15) is 11.1 Å². The molecule has 7 heteroatoms. The summed E-state index contributed by atoms with van der Waals surface area (Å²) >= 11 is 1.78. The Morgan fingerprint density at radius 2 is 2.23 bits per heavy atom. The van der Waals surface area contributed by atoms with Gasteiger partial charge in [0.15, 0.2) is 0 Å². The van der Waals surface area contributed by atoms with Crippen LogP contribution in [0.5, 0.6) is 0 Å². The van der Waals surface area contributed by atoms with Crippen molar-refractivity contribution < 1.29 is 9.53 Å². The van der Waals surface area contributed by atoms with Crippen LogP contribution >= 0.6 is 11.3 Å². The van der Waals surface area contributed by atoms with Crippen LogP contribution in [-0.4, -0.2) is 39.2 Å². The predicted octanol–water partition coefficient (Wildman–Crippen LogP) is 2.88. The van der Waals surface area contributed by atoms with Gasteiger partial charge in [-0.3, -0.25) is 9.48 Å². The third-order valence-corrected chi connectivity index (χ3v) is 6.57. The molecule has 0 N–H and O–H groups in total. The van der Waals surface area contributed by atoms with E-state index in [9.17, 15) is 4.79 Å². The first-order chi connectivity index (χ1) is 12.6. The number of amides is 1. The summed E-state index contributed by atoms with van der Waals surface area (Å²) in [7, 11) is 3.79. The number of aryl methyl sites for hydroxylation is 3. The predicted molar refractivity (Wildman–Crippen MR) is 99.9 cm³/mol. The summed E-state index contributed by atoms with van der Waals surface area (Å²) in [6, 6.07) is 1.95. The number of carbonyl (C=O) groups is 1. The largest absolute Gasteiger partial charge is 0.371 e. The highest BCUT2D eigenvalue weighted by Crippen LogP contribution is 2.35. The van der Waals surface area contributed by atoms with E-state index in [1.54, 1.807) is 17.5 Å². The fourth-order valence-electron chi connectivity index (χ4n) is 4.03. The molecule has 0 unspecified atom stereocenters. The molecule has 0 radical (unpaired) electrons. The van der Waals surface area contributed by atoms with Crippen molar-refractivity contribution in [3.63, 3.8) is 0 Å². The smallest absolute Gasteiger partial charge is 0.228 e. The Kier molecular flexibility index (Phi) is 5.09. The minimum Gasteiger partial charge on any atom is -0.371 e. The van der Waals surface area contributed by atoms with E-state index in [0.717, 1.165) is 36.4 Å². The Bertz CT molecular complexity index is 761. The van der Waals surface area contributed by atoms with E-state index in [-0.39, 0.29) is 17.9 Å². The Hall–Kier alpha value is -1.73. The molecule has 1 amide bonds. The van der Waals surface area contributed by atoms with E-state index in [1.165, 1.54) is 23.4 Å². The molecule has 2 atom stereocenters. The van der Waals surface area contributed by atoms with Crippen LogP contribution in [0.15, 0.2) is 12.3 Å². The summed E-state index contributed by atoms with van der Waals surface area (Å²) in [6.45, 7) is 1.29. The Morgan fingerprint density at radius 3 is 3.00 bits per heavy atom. The van der Waals surface area contributed by atoms with E-state index >= 15 is 0 Å². The molecule has 2 aromatic rings. The number of hydrogen-bond donors (Lipinski definition) is 0. The quantitative estimate of drug-likeness (QED) is 0.826. The zero-order valence-corrected chi connectivity index (χ0v) is 16.3. The fourth-order valence-corrected chi connectivity index (χ4v) is 5.24. The van der Waals surface area contributed by atoms with Gasteiger partial charge in [0, 0.05) is 31.8 Å². The van der Waals surface area contributed by atoms with E-state index in [4.69, 9.17) is 9.72 Å². The van der Waals surface area contributed by atoms with Crippen molar-refractivity contribution in [1.29, 1.82) is 0 Å². The Morgan fingerprint density at radius 1 is 1.38 bits per heavy atom. The lowest BCUT2D eigenvalue weighted by atomic mass is 9.91. The SMILES string of the molecule is CN(Cc1nc2c(s1)CCCC2)C(=O)[C@@H]1CCCO[C@H]1c1ccnn1C. The van der Waals surface area contributed by atoms with Crippen LogP contribution in [0.2, 0.25) is 0 Å². The molecular formula is C19H26N4O2S. The normalized spacial score (nSPS) is 22.8. The Balaban J connectivity index is 1.48. The molecule has 0 aromatic carbocycles. The van der Waals surface area contributed by atoms with E-state index < -0.39 is 0 Å². The zero-order valence-electron chi connectivity index (χ0n) is 15.5. The van der Waals surface area contributed by atoms with Crippen molar-refractivity contribution in [2.24, 2.45) is 13.0 Å². The molecule has 0 spiro atoms. The van der Waals surface area contributed by atoms with Crippen molar-refractivity contribution in [3.05, 3.63) is 33.5 Å². The first-order valence-corrected chi connectivity index (χ1v) is 10.3. The first kappa shape index (κ1) is 17.7. The maximum atomic E-state index is 13.2. The van der Waals surface area contributed by atoms with Gasteiger partial charge in [0.2, 0.25) is 5.91 Å². The third-order valence-electron chi connectivity index (χ3n) is 5.43. The minimum atomic E-state index is -0.212. The van der Waals surface area contributed by atoms with Crippen LogP contribution in [-0.2, 0) is 36.0 Å². The average Bonchev–Trinajstić information content (AvgIpc) is 3.26. The lowest BCUT2D eigenvalue weighted by molar-refractivity contribution is -0.145. The van der Waals surface area contributed by atoms with Gasteiger partial charge in [-0.2, -0.15) is 5.10 Å². The van der Waals surface area contributed by atoms with Gasteiger partial charge in [-0.1, -0.05) is 0 Å². The topological polar surface area (TPSA) is 60.3 Å². The fraction of sp³-hybridized carbons (Fsp3) is 0.632. The summed E-state index contributed by atoms with van der Waals surface area (Å²) < 4.78 is 7.79. The van der Waals surface area contributed by atoms with E-state index in [1.807, 2.05) is 29.7 Å². The molecule has 26 heavy (non-hydrogen) atoms. The van der Waals surface area contributed by atoms with Gasteiger partial charge in [-0.25, -0.2) is 4.98 Å². The number of carbonyl (C=O) groups excluding carboxylic acids is 1. The van der Waals surface area contributed by atoms with Crippen LogP contribution in [0, 0.1) is 5.92 Å². The molecule has 3 heterocycles. The van der Waals surface area contributed by atoms with Crippen LogP contribution in [0.4, 0.5) is 0 Å². The molecule has 1 aliphatic heterocycles. The average molecular weight is 375 g/mol. The van der Waals surface area contributed by atoms with Crippen LogP contribution < -0.4 is 0 Å². The van der Waals surface area contributed by atoms with Crippen molar-refractivity contribution in [2.75, 3.05) is 13.7 Å². The van der Waals surface area contributed by atoms with Gasteiger partial charge in [-0.05, 0) is 44.6 Å². The molecule has 140 valence electrons. The molecular weight excluding hydrogens is 348 g/mol. The number of hydrogen-bond acceptors (Lipinski definition) is 5. The number of thiazole rings is 1. The van der Waals surface area contributed by atoms with E-state index in [2.05, 4.69) is 5.10 Å². The van der Waals surface area contributed by atoms with Crippen molar-refractivity contribution in [2.45, 2.75) is 51.2 Å².